The Morgan fingerprint density at radius 3 is 2.96 bits per heavy atom. The van der Waals surface area contributed by atoms with Gasteiger partial charge in [0.15, 0.2) is 5.76 Å². The first-order valence-corrected chi connectivity index (χ1v) is 8.85. The number of hydrogen-bond acceptors (Lipinski definition) is 6. The highest BCUT2D eigenvalue weighted by Gasteiger charge is 2.35. The van der Waals surface area contributed by atoms with Crippen molar-refractivity contribution in [3.63, 3.8) is 0 Å². The largest absolute Gasteiger partial charge is 0.497 e. The summed E-state index contributed by atoms with van der Waals surface area (Å²) in [5, 5.41) is 6.75. The van der Waals surface area contributed by atoms with E-state index in [1.165, 1.54) is 0 Å². The van der Waals surface area contributed by atoms with Crippen LogP contribution >= 0.6 is 0 Å². The number of methoxy groups -OCH3 is 1. The number of furan rings is 1. The van der Waals surface area contributed by atoms with E-state index in [-0.39, 0.29) is 24.8 Å². The molecule has 28 heavy (non-hydrogen) atoms. The minimum absolute atomic E-state index is 0.0880. The second-order valence-electron chi connectivity index (χ2n) is 6.48. The lowest BCUT2D eigenvalue weighted by atomic mass is 10.1. The number of amides is 2. The molecule has 0 aliphatic carbocycles. The van der Waals surface area contributed by atoms with Crippen LogP contribution in [0.2, 0.25) is 0 Å². The highest BCUT2D eigenvalue weighted by Crippen LogP contribution is 2.28. The minimum atomic E-state index is -0.421. The molecule has 1 aliphatic rings. The monoisotopic (exact) mass is 381 g/mol. The number of hydrogen-bond donors (Lipinski definition) is 1. The fraction of sp³-hybridized carbons (Fsp3) is 0.250. The number of nitrogens with zero attached hydrogens (tertiary/aromatic N) is 2. The van der Waals surface area contributed by atoms with Gasteiger partial charge in [0.25, 0.3) is 0 Å². The van der Waals surface area contributed by atoms with Gasteiger partial charge < -0.3 is 23.9 Å². The Labute approximate surface area is 161 Å². The average Bonchev–Trinajstić information content (AvgIpc) is 3.46. The molecule has 1 aliphatic heterocycles. The van der Waals surface area contributed by atoms with Crippen LogP contribution in [-0.2, 0) is 16.1 Å². The van der Waals surface area contributed by atoms with Gasteiger partial charge in [-0.15, -0.1) is 0 Å². The zero-order chi connectivity index (χ0) is 19.5. The first kappa shape index (κ1) is 17.8. The van der Waals surface area contributed by atoms with Gasteiger partial charge in [0, 0.05) is 30.8 Å². The van der Waals surface area contributed by atoms with E-state index < -0.39 is 5.92 Å². The molecule has 8 nitrogen and oxygen atoms in total. The van der Waals surface area contributed by atoms with Crippen molar-refractivity contribution in [2.75, 3.05) is 18.6 Å². The van der Waals surface area contributed by atoms with E-state index >= 15 is 0 Å². The maximum atomic E-state index is 12.5. The zero-order valence-electron chi connectivity index (χ0n) is 15.3. The molecule has 144 valence electrons. The Balaban J connectivity index is 1.36. The van der Waals surface area contributed by atoms with Crippen LogP contribution in [-0.4, -0.2) is 30.6 Å². The number of carbonyl (C=O) groups excluding carboxylic acids is 2. The molecule has 4 rings (SSSR count). The van der Waals surface area contributed by atoms with E-state index in [1.807, 2.05) is 18.2 Å². The number of benzene rings is 1. The van der Waals surface area contributed by atoms with Gasteiger partial charge in [-0.2, -0.15) is 0 Å². The van der Waals surface area contributed by atoms with Crippen LogP contribution in [0, 0.1) is 5.92 Å². The second-order valence-corrected chi connectivity index (χ2v) is 6.48. The summed E-state index contributed by atoms with van der Waals surface area (Å²) in [6.45, 7) is 0.543. The van der Waals surface area contributed by atoms with Crippen LogP contribution in [0.15, 0.2) is 57.7 Å². The average molecular weight is 381 g/mol. The van der Waals surface area contributed by atoms with E-state index in [4.69, 9.17) is 13.7 Å². The van der Waals surface area contributed by atoms with Crippen molar-refractivity contribution < 1.29 is 23.3 Å². The van der Waals surface area contributed by atoms with Crippen LogP contribution in [0.3, 0.4) is 0 Å². The molecule has 1 aromatic carbocycles. The third kappa shape index (κ3) is 3.62. The van der Waals surface area contributed by atoms with Crippen LogP contribution in [0.5, 0.6) is 5.75 Å². The third-order valence-corrected chi connectivity index (χ3v) is 4.63. The maximum absolute atomic E-state index is 12.5. The number of aromatic nitrogens is 1. The summed E-state index contributed by atoms with van der Waals surface area (Å²) in [5.41, 5.74) is 1.30. The van der Waals surface area contributed by atoms with E-state index in [2.05, 4.69) is 10.5 Å². The lowest BCUT2D eigenvalue weighted by Gasteiger charge is -2.17. The minimum Gasteiger partial charge on any atom is -0.497 e. The summed E-state index contributed by atoms with van der Waals surface area (Å²) in [6.07, 6.45) is 1.71. The van der Waals surface area contributed by atoms with Crippen molar-refractivity contribution >= 4 is 17.5 Å². The summed E-state index contributed by atoms with van der Waals surface area (Å²) in [6, 6.07) is 12.5. The van der Waals surface area contributed by atoms with Gasteiger partial charge in [-0.3, -0.25) is 9.59 Å². The molecule has 1 atom stereocenters. The van der Waals surface area contributed by atoms with Crippen molar-refractivity contribution in [3.05, 3.63) is 54.4 Å². The smallest absolute Gasteiger partial charge is 0.227 e. The lowest BCUT2D eigenvalue weighted by molar-refractivity contribution is -0.126. The van der Waals surface area contributed by atoms with Crippen molar-refractivity contribution in [3.8, 4) is 17.3 Å². The molecule has 0 unspecified atom stereocenters. The van der Waals surface area contributed by atoms with Gasteiger partial charge in [0.1, 0.15) is 11.4 Å². The van der Waals surface area contributed by atoms with Crippen molar-refractivity contribution in [1.29, 1.82) is 0 Å². The fourth-order valence-electron chi connectivity index (χ4n) is 3.16. The zero-order valence-corrected chi connectivity index (χ0v) is 15.3. The number of rotatable bonds is 6. The Morgan fingerprint density at radius 1 is 1.29 bits per heavy atom. The molecule has 2 amide bonds. The van der Waals surface area contributed by atoms with Gasteiger partial charge in [0.2, 0.25) is 17.6 Å². The Morgan fingerprint density at radius 2 is 2.18 bits per heavy atom. The van der Waals surface area contributed by atoms with Gasteiger partial charge >= 0.3 is 0 Å². The highest BCUT2D eigenvalue weighted by molar-refractivity contribution is 6.00. The number of nitrogens with one attached hydrogen (secondary N) is 1. The predicted molar refractivity (Wildman–Crippen MR) is 99.5 cm³/mol. The first-order chi connectivity index (χ1) is 13.6. The van der Waals surface area contributed by atoms with Crippen molar-refractivity contribution in [1.82, 2.24) is 10.5 Å². The molecule has 8 heteroatoms. The summed E-state index contributed by atoms with van der Waals surface area (Å²) in [5.74, 6) is 1.03. The third-order valence-electron chi connectivity index (χ3n) is 4.63. The molecule has 0 saturated carbocycles. The standard InChI is InChI=1S/C20H19N3O5/c1-26-16-5-2-4-15(10-16)23-12-13(8-19(23)24)20(25)21-11-14-9-18(28-22-14)17-6-3-7-27-17/h2-7,9-10,13H,8,11-12H2,1H3,(H,21,25)/t13-/m1/s1. The van der Waals surface area contributed by atoms with Gasteiger partial charge in [-0.1, -0.05) is 11.2 Å². The maximum Gasteiger partial charge on any atom is 0.227 e. The van der Waals surface area contributed by atoms with Gasteiger partial charge in [-0.05, 0) is 24.3 Å². The number of anilines is 1. The van der Waals surface area contributed by atoms with Crippen LogP contribution in [0.25, 0.3) is 11.5 Å². The van der Waals surface area contributed by atoms with Crippen LogP contribution < -0.4 is 15.0 Å². The Kier molecular flexibility index (Phi) is 4.84. The molecular weight excluding hydrogens is 362 g/mol. The quantitative estimate of drug-likeness (QED) is 0.705. The molecule has 3 aromatic rings. The van der Waals surface area contributed by atoms with Crippen molar-refractivity contribution in [2.24, 2.45) is 5.92 Å². The Bertz CT molecular complexity index is 979. The fourth-order valence-corrected chi connectivity index (χ4v) is 3.16. The van der Waals surface area contributed by atoms with Crippen LogP contribution in [0.4, 0.5) is 5.69 Å². The lowest BCUT2D eigenvalue weighted by Crippen LogP contribution is -2.32. The van der Waals surface area contributed by atoms with Gasteiger partial charge in [0.05, 0.1) is 25.8 Å². The first-order valence-electron chi connectivity index (χ1n) is 8.85. The molecule has 2 aromatic heterocycles. The predicted octanol–water partition coefficient (Wildman–Crippen LogP) is 2.61. The van der Waals surface area contributed by atoms with E-state index in [1.54, 1.807) is 42.5 Å². The van der Waals surface area contributed by atoms with Crippen LogP contribution in [0.1, 0.15) is 12.1 Å². The van der Waals surface area contributed by atoms with E-state index in [9.17, 15) is 9.59 Å². The Hall–Kier alpha value is -3.55. The molecule has 0 spiro atoms. The van der Waals surface area contributed by atoms with E-state index in [0.717, 1.165) is 5.69 Å². The molecule has 1 N–H and O–H groups in total. The van der Waals surface area contributed by atoms with Gasteiger partial charge in [-0.25, -0.2) is 0 Å². The molecule has 1 saturated heterocycles. The summed E-state index contributed by atoms with van der Waals surface area (Å²) in [7, 11) is 1.57. The molecule has 0 radical (unpaired) electrons. The molecule has 1 fully saturated rings. The molecule has 3 heterocycles. The summed E-state index contributed by atoms with van der Waals surface area (Å²) < 4.78 is 15.7. The molecular formula is C20H19N3O5. The van der Waals surface area contributed by atoms with Crippen molar-refractivity contribution in [2.45, 2.75) is 13.0 Å². The summed E-state index contributed by atoms with van der Waals surface area (Å²) in [4.78, 5) is 26.5. The number of carbonyl (C=O) groups is 2. The normalized spacial score (nSPS) is 16.4. The number of ether oxygens (including phenoxy) is 1. The van der Waals surface area contributed by atoms with E-state index in [0.29, 0.717) is 29.5 Å². The topological polar surface area (TPSA) is 97.8 Å². The highest BCUT2D eigenvalue weighted by atomic mass is 16.5. The SMILES string of the molecule is COc1cccc(N2C[C@H](C(=O)NCc3cc(-c4ccco4)on3)CC2=O)c1. The second kappa shape index (κ2) is 7.59. The summed E-state index contributed by atoms with van der Waals surface area (Å²) >= 11 is 0. The molecule has 0 bridgehead atoms.